The monoisotopic (exact) mass is 383 g/mol. The molecule has 0 saturated carbocycles. The highest BCUT2D eigenvalue weighted by atomic mass is 32.2. The number of sulfonamides is 1. The Kier molecular flexibility index (Phi) is 6.88. The molecule has 26 heavy (non-hydrogen) atoms. The summed E-state index contributed by atoms with van der Waals surface area (Å²) in [6.07, 6.45) is 2.21. The largest absolute Gasteiger partial charge is 0.496 e. The van der Waals surface area contributed by atoms with Gasteiger partial charge in [0.25, 0.3) is 5.91 Å². The van der Waals surface area contributed by atoms with Gasteiger partial charge in [-0.15, -0.1) is 0 Å². The Balaban J connectivity index is 2.13. The zero-order valence-electron chi connectivity index (χ0n) is 15.9. The Morgan fingerprint density at radius 3 is 2.73 bits per heavy atom. The van der Waals surface area contributed by atoms with Gasteiger partial charge >= 0.3 is 0 Å². The second kappa shape index (κ2) is 8.73. The third-order valence-electron chi connectivity index (χ3n) is 4.73. The molecule has 2 rings (SSSR count). The van der Waals surface area contributed by atoms with Crippen LogP contribution in [0.25, 0.3) is 0 Å². The number of likely N-dealkylation sites (N-methyl/N-ethyl adjacent to an activating group) is 1. The minimum atomic E-state index is -3.48. The Hall–Kier alpha value is -1.80. The molecule has 1 aliphatic rings. The molecule has 1 fully saturated rings. The first-order valence-corrected chi connectivity index (χ1v) is 10.5. The maximum atomic E-state index is 12.6. The molecular weight excluding hydrogens is 354 g/mol. The third kappa shape index (κ3) is 4.88. The third-order valence-corrected chi connectivity index (χ3v) is 6.49. The molecule has 0 aromatic heterocycles. The molecular formula is C18H29N3O4S. The van der Waals surface area contributed by atoms with Crippen molar-refractivity contribution in [2.75, 3.05) is 31.5 Å². The molecule has 8 heteroatoms. The van der Waals surface area contributed by atoms with Crippen LogP contribution in [-0.4, -0.2) is 57.3 Å². The van der Waals surface area contributed by atoms with E-state index in [2.05, 4.69) is 21.9 Å². The quantitative estimate of drug-likeness (QED) is 0.717. The second-order valence-corrected chi connectivity index (χ2v) is 8.98. The van der Waals surface area contributed by atoms with Crippen molar-refractivity contribution in [3.8, 4) is 5.75 Å². The summed E-state index contributed by atoms with van der Waals surface area (Å²) in [7, 11) is -1.99. The summed E-state index contributed by atoms with van der Waals surface area (Å²) in [5.41, 5.74) is 0.665. The lowest BCUT2D eigenvalue weighted by Gasteiger charge is -2.23. The van der Waals surface area contributed by atoms with E-state index in [1.165, 1.54) is 13.2 Å². The molecule has 2 N–H and O–H groups in total. The number of rotatable bonds is 8. The van der Waals surface area contributed by atoms with E-state index in [-0.39, 0.29) is 5.91 Å². The van der Waals surface area contributed by atoms with Crippen LogP contribution in [-0.2, 0) is 10.0 Å². The summed E-state index contributed by atoms with van der Waals surface area (Å²) in [5, 5.41) is 2.39. The first-order valence-electron chi connectivity index (χ1n) is 9.00. The van der Waals surface area contributed by atoms with Crippen LogP contribution in [0, 0.1) is 0 Å². The van der Waals surface area contributed by atoms with E-state index in [1.54, 1.807) is 26.0 Å². The van der Waals surface area contributed by atoms with Crippen LogP contribution in [0.4, 0.5) is 5.69 Å². The highest BCUT2D eigenvalue weighted by molar-refractivity contribution is 7.93. The molecule has 146 valence electrons. The van der Waals surface area contributed by atoms with E-state index in [0.29, 0.717) is 29.6 Å². The summed E-state index contributed by atoms with van der Waals surface area (Å²) in [6.45, 7) is 7.91. The van der Waals surface area contributed by atoms with E-state index in [4.69, 9.17) is 4.74 Å². The van der Waals surface area contributed by atoms with Crippen LogP contribution < -0.4 is 14.8 Å². The van der Waals surface area contributed by atoms with Crippen molar-refractivity contribution >= 4 is 21.6 Å². The van der Waals surface area contributed by atoms with E-state index >= 15 is 0 Å². The summed E-state index contributed by atoms with van der Waals surface area (Å²) in [6, 6.07) is 5.05. The van der Waals surface area contributed by atoms with Gasteiger partial charge < -0.3 is 10.1 Å². The molecule has 1 atom stereocenters. The summed E-state index contributed by atoms with van der Waals surface area (Å²) >= 11 is 0. The number of anilines is 1. The number of carbonyl (C=O) groups is 1. The lowest BCUT2D eigenvalue weighted by molar-refractivity contribution is 0.0938. The Morgan fingerprint density at radius 2 is 2.12 bits per heavy atom. The molecule has 1 aromatic rings. The SMILES string of the molecule is CCN1CCCC1CNC(=O)c1cc(NS(=O)(=O)C(C)C)ccc1OC. The minimum Gasteiger partial charge on any atom is -0.496 e. The Bertz CT molecular complexity index is 734. The standard InChI is InChI=1S/C18H29N3O4S/c1-5-21-10-6-7-15(21)12-19-18(22)16-11-14(8-9-17(16)25-4)20-26(23,24)13(2)3/h8-9,11,13,15,20H,5-7,10,12H2,1-4H3,(H,19,22). The fourth-order valence-corrected chi connectivity index (χ4v) is 3.77. The molecule has 1 unspecified atom stereocenters. The van der Waals surface area contributed by atoms with Crippen molar-refractivity contribution in [2.24, 2.45) is 0 Å². The normalized spacial score (nSPS) is 18.1. The highest BCUT2D eigenvalue weighted by Gasteiger charge is 2.24. The number of methoxy groups -OCH3 is 1. The number of likely N-dealkylation sites (tertiary alicyclic amines) is 1. The van der Waals surface area contributed by atoms with Crippen LogP contribution in [0.5, 0.6) is 5.75 Å². The molecule has 1 amide bonds. The summed E-state index contributed by atoms with van der Waals surface area (Å²) < 4.78 is 31.9. The molecule has 0 spiro atoms. The van der Waals surface area contributed by atoms with Gasteiger partial charge in [0.1, 0.15) is 5.75 Å². The van der Waals surface area contributed by atoms with Gasteiger partial charge in [-0.3, -0.25) is 14.4 Å². The number of amides is 1. The number of ether oxygens (including phenoxy) is 1. The Morgan fingerprint density at radius 1 is 1.38 bits per heavy atom. The van der Waals surface area contributed by atoms with Crippen LogP contribution in [0.2, 0.25) is 0 Å². The number of hydrogen-bond donors (Lipinski definition) is 2. The molecule has 1 aromatic carbocycles. The van der Waals surface area contributed by atoms with Gasteiger partial charge in [0.05, 0.1) is 17.9 Å². The minimum absolute atomic E-state index is 0.268. The first kappa shape index (κ1) is 20.5. The van der Waals surface area contributed by atoms with E-state index < -0.39 is 15.3 Å². The molecule has 7 nitrogen and oxygen atoms in total. The van der Waals surface area contributed by atoms with E-state index in [0.717, 1.165) is 25.9 Å². The van der Waals surface area contributed by atoms with Gasteiger partial charge in [-0.2, -0.15) is 0 Å². The van der Waals surface area contributed by atoms with Gasteiger partial charge in [-0.25, -0.2) is 8.42 Å². The number of carbonyl (C=O) groups excluding carboxylic acids is 1. The van der Waals surface area contributed by atoms with Gasteiger partial charge in [0.15, 0.2) is 0 Å². The van der Waals surface area contributed by atoms with Crippen LogP contribution in [0.3, 0.4) is 0 Å². The zero-order valence-corrected chi connectivity index (χ0v) is 16.7. The van der Waals surface area contributed by atoms with Gasteiger partial charge in [0, 0.05) is 18.3 Å². The van der Waals surface area contributed by atoms with Crippen molar-refractivity contribution in [3.63, 3.8) is 0 Å². The van der Waals surface area contributed by atoms with Gasteiger partial charge in [0.2, 0.25) is 10.0 Å². The number of nitrogens with one attached hydrogen (secondary N) is 2. The maximum absolute atomic E-state index is 12.6. The zero-order chi connectivity index (χ0) is 19.3. The van der Waals surface area contributed by atoms with Crippen LogP contribution >= 0.6 is 0 Å². The summed E-state index contributed by atoms with van der Waals surface area (Å²) in [4.78, 5) is 15.0. The van der Waals surface area contributed by atoms with E-state index in [9.17, 15) is 13.2 Å². The molecule has 1 heterocycles. The van der Waals surface area contributed by atoms with Crippen molar-refractivity contribution in [1.82, 2.24) is 10.2 Å². The van der Waals surface area contributed by atoms with Crippen molar-refractivity contribution in [2.45, 2.75) is 44.9 Å². The van der Waals surface area contributed by atoms with Crippen molar-refractivity contribution in [1.29, 1.82) is 0 Å². The fraction of sp³-hybridized carbons (Fsp3) is 0.611. The number of hydrogen-bond acceptors (Lipinski definition) is 5. The predicted molar refractivity (Wildman–Crippen MR) is 103 cm³/mol. The summed E-state index contributed by atoms with van der Waals surface area (Å²) in [5.74, 6) is 0.143. The van der Waals surface area contributed by atoms with Crippen LogP contribution in [0.15, 0.2) is 18.2 Å². The molecule has 0 bridgehead atoms. The fourth-order valence-electron chi connectivity index (χ4n) is 3.08. The van der Waals surface area contributed by atoms with Crippen LogP contribution in [0.1, 0.15) is 44.0 Å². The first-order chi connectivity index (χ1) is 12.3. The predicted octanol–water partition coefficient (Wildman–Crippen LogP) is 2.06. The topological polar surface area (TPSA) is 87.7 Å². The molecule has 0 radical (unpaired) electrons. The molecule has 1 saturated heterocycles. The lowest BCUT2D eigenvalue weighted by atomic mass is 10.1. The lowest BCUT2D eigenvalue weighted by Crippen LogP contribution is -2.40. The molecule has 1 aliphatic heterocycles. The smallest absolute Gasteiger partial charge is 0.255 e. The molecule has 0 aliphatic carbocycles. The number of benzene rings is 1. The van der Waals surface area contributed by atoms with Gasteiger partial charge in [-0.05, 0) is 58.0 Å². The highest BCUT2D eigenvalue weighted by Crippen LogP contribution is 2.24. The maximum Gasteiger partial charge on any atom is 0.255 e. The van der Waals surface area contributed by atoms with Crippen molar-refractivity contribution < 1.29 is 17.9 Å². The van der Waals surface area contributed by atoms with Crippen molar-refractivity contribution in [3.05, 3.63) is 23.8 Å². The van der Waals surface area contributed by atoms with E-state index in [1.807, 2.05) is 0 Å². The second-order valence-electron chi connectivity index (χ2n) is 6.75. The average molecular weight is 384 g/mol. The number of nitrogens with zero attached hydrogens (tertiary/aromatic N) is 1. The average Bonchev–Trinajstić information content (AvgIpc) is 3.06. The Labute approximate surface area is 156 Å². The van der Waals surface area contributed by atoms with Gasteiger partial charge in [-0.1, -0.05) is 6.92 Å².